The summed E-state index contributed by atoms with van der Waals surface area (Å²) in [6, 6.07) is -1.15. The first-order valence-electron chi connectivity index (χ1n) is 22.3. The van der Waals surface area contributed by atoms with E-state index in [9.17, 15) is 65.8 Å². The van der Waals surface area contributed by atoms with Crippen molar-refractivity contribution in [3.05, 3.63) is 85.1 Å². The molecule has 368 valence electrons. The second kappa shape index (κ2) is 27.4. The van der Waals surface area contributed by atoms with Crippen molar-refractivity contribution in [2.24, 2.45) is 23.5 Å². The molecule has 3 aliphatic rings. The minimum Gasteiger partial charge on any atom is -0.481 e. The number of aliphatic carboxylic acids is 1. The Morgan fingerprint density at radius 1 is 0.662 bits per heavy atom. The molecular weight excluding hydrogens is 851 g/mol. The first kappa shape index (κ1) is 55.9. The van der Waals surface area contributed by atoms with Gasteiger partial charge in [0.25, 0.3) is 0 Å². The Labute approximate surface area is 381 Å². The second-order valence-corrected chi connectivity index (χ2v) is 17.6. The topological polar surface area (TPSA) is 320 Å². The highest BCUT2D eigenvalue weighted by atomic mass is 16.7. The van der Waals surface area contributed by atoms with E-state index in [0.29, 0.717) is 0 Å². The third kappa shape index (κ3) is 18.6. The molecule has 0 spiro atoms. The van der Waals surface area contributed by atoms with Crippen molar-refractivity contribution in [3.63, 3.8) is 0 Å². The highest BCUT2D eigenvalue weighted by Gasteiger charge is 2.51. The zero-order valence-electron chi connectivity index (χ0n) is 37.6. The van der Waals surface area contributed by atoms with E-state index in [4.69, 9.17) is 24.7 Å². The summed E-state index contributed by atoms with van der Waals surface area (Å²) in [6.07, 6.45) is 3.49. The van der Waals surface area contributed by atoms with Gasteiger partial charge in [-0.05, 0) is 39.5 Å². The van der Waals surface area contributed by atoms with Crippen LogP contribution in [0.15, 0.2) is 85.1 Å². The van der Waals surface area contributed by atoms with Crippen LogP contribution in [-0.4, -0.2) is 166 Å². The van der Waals surface area contributed by atoms with E-state index in [1.807, 2.05) is 13.0 Å². The van der Waals surface area contributed by atoms with Crippen molar-refractivity contribution in [1.82, 2.24) is 0 Å². The van der Waals surface area contributed by atoms with Gasteiger partial charge in [-0.2, -0.15) is 0 Å². The average Bonchev–Trinajstić information content (AvgIpc) is 3.21. The van der Waals surface area contributed by atoms with Crippen LogP contribution >= 0.6 is 0 Å². The van der Waals surface area contributed by atoms with E-state index in [2.05, 4.69) is 0 Å². The molecule has 2 saturated heterocycles. The summed E-state index contributed by atoms with van der Waals surface area (Å²) in [7, 11) is 0. The second-order valence-electron chi connectivity index (χ2n) is 17.6. The van der Waals surface area contributed by atoms with Gasteiger partial charge in [0, 0.05) is 31.1 Å². The number of carbonyl (C=O) groups is 2. The Morgan fingerprint density at radius 3 is 1.78 bits per heavy atom. The van der Waals surface area contributed by atoms with Gasteiger partial charge in [-0.25, -0.2) is 0 Å². The predicted octanol–water partition coefficient (Wildman–Crippen LogP) is 0.712. The summed E-state index contributed by atoms with van der Waals surface area (Å²) >= 11 is 0. The van der Waals surface area contributed by atoms with Crippen molar-refractivity contribution in [2.45, 2.75) is 177 Å². The van der Waals surface area contributed by atoms with Gasteiger partial charge in [0.2, 0.25) is 0 Å². The summed E-state index contributed by atoms with van der Waals surface area (Å²) < 4.78 is 23.1. The lowest BCUT2D eigenvalue weighted by atomic mass is 9.82. The van der Waals surface area contributed by atoms with Gasteiger partial charge in [0.15, 0.2) is 12.1 Å². The largest absolute Gasteiger partial charge is 0.481 e. The molecular formula is C47H73NO17. The van der Waals surface area contributed by atoms with E-state index in [1.165, 1.54) is 13.0 Å². The fourth-order valence-corrected chi connectivity index (χ4v) is 7.96. The number of carboxylic acids is 1. The molecule has 0 amide bonds. The van der Waals surface area contributed by atoms with Gasteiger partial charge in [-0.3, -0.25) is 9.59 Å². The predicted molar refractivity (Wildman–Crippen MR) is 237 cm³/mol. The number of rotatable bonds is 3. The lowest BCUT2D eigenvalue weighted by Crippen LogP contribution is -2.61. The lowest BCUT2D eigenvalue weighted by molar-refractivity contribution is -0.310. The number of allylic oxidation sites excluding steroid dienone is 12. The Balaban J connectivity index is 1.86. The molecule has 0 aromatic heterocycles. The Morgan fingerprint density at radius 2 is 1.20 bits per heavy atom. The van der Waals surface area contributed by atoms with Crippen molar-refractivity contribution < 1.29 is 84.7 Å². The minimum atomic E-state index is -2.36. The summed E-state index contributed by atoms with van der Waals surface area (Å²) in [5.74, 6) is -6.88. The Hall–Kier alpha value is -3.44. The van der Waals surface area contributed by atoms with Crippen LogP contribution in [0.1, 0.15) is 79.1 Å². The molecule has 13 N–H and O–H groups in total. The SMILES string of the molecule is CC1OC(O[C@H]2\C=C/C=C\C=C/C=C\C=C/C=C\C=C/[C@H](C)[C@@H](O)[C@@H](C)[C@H](C)OC(=O)C[C@H](O)C[C@H](O)C[C@H](O)CC[C@@H](O)[C@H](O)C[C@]3(O)C[C@H](O)[C@@H](C(=O)O)C(C2)O3)C(O)C(N)C1O. The molecule has 6 unspecified atom stereocenters. The maximum absolute atomic E-state index is 12.6. The highest BCUT2D eigenvalue weighted by molar-refractivity contribution is 5.71. The van der Waals surface area contributed by atoms with E-state index in [-0.39, 0.29) is 38.0 Å². The van der Waals surface area contributed by atoms with Crippen molar-refractivity contribution in [2.75, 3.05) is 0 Å². The molecule has 18 nitrogen and oxygen atoms in total. The van der Waals surface area contributed by atoms with Gasteiger partial charge < -0.3 is 80.9 Å². The molecule has 3 aliphatic heterocycles. The fraction of sp³-hybridized carbons (Fsp3) is 0.660. The van der Waals surface area contributed by atoms with Crippen LogP contribution in [-0.2, 0) is 28.5 Å². The number of carboxylic acid groups (broad SMARTS) is 1. The van der Waals surface area contributed by atoms with Gasteiger partial charge >= 0.3 is 11.9 Å². The normalized spacial score (nSPS) is 45.5. The van der Waals surface area contributed by atoms with Crippen LogP contribution < -0.4 is 5.73 Å². The summed E-state index contributed by atoms with van der Waals surface area (Å²) in [5, 5.41) is 118. The molecule has 65 heavy (non-hydrogen) atoms. The molecule has 0 aromatic rings. The quantitative estimate of drug-likeness (QED) is 0.174. The number of carbonyl (C=O) groups excluding carboxylic acids is 1. The smallest absolute Gasteiger partial charge is 0.311 e. The van der Waals surface area contributed by atoms with Crippen LogP contribution in [0.2, 0.25) is 0 Å². The fourth-order valence-electron chi connectivity index (χ4n) is 7.96. The van der Waals surface area contributed by atoms with Gasteiger partial charge in [-0.15, -0.1) is 0 Å². The first-order chi connectivity index (χ1) is 30.6. The zero-order chi connectivity index (χ0) is 48.4. The van der Waals surface area contributed by atoms with E-state index >= 15 is 0 Å². The van der Waals surface area contributed by atoms with Crippen LogP contribution in [0.5, 0.6) is 0 Å². The van der Waals surface area contributed by atoms with E-state index in [0.717, 1.165) is 0 Å². The number of esters is 1. The summed E-state index contributed by atoms with van der Waals surface area (Å²) in [4.78, 5) is 25.1. The zero-order valence-corrected chi connectivity index (χ0v) is 37.6. The van der Waals surface area contributed by atoms with Crippen molar-refractivity contribution in [3.8, 4) is 0 Å². The number of aliphatic hydroxyl groups excluding tert-OH is 9. The third-order valence-corrected chi connectivity index (χ3v) is 12.0. The molecule has 19 atom stereocenters. The summed E-state index contributed by atoms with van der Waals surface area (Å²) in [5.41, 5.74) is 6.02. The van der Waals surface area contributed by atoms with Crippen LogP contribution in [0, 0.1) is 17.8 Å². The minimum absolute atomic E-state index is 0.140. The monoisotopic (exact) mass is 923 g/mol. The number of aliphatic hydroxyl groups is 10. The number of nitrogens with two attached hydrogens (primary N) is 1. The number of hydrogen-bond acceptors (Lipinski definition) is 17. The van der Waals surface area contributed by atoms with E-state index < -0.39 is 141 Å². The number of ether oxygens (including phenoxy) is 4. The third-order valence-electron chi connectivity index (χ3n) is 12.0. The molecule has 2 bridgehead atoms. The number of fused-ring (bicyclic) bond motifs is 2. The maximum Gasteiger partial charge on any atom is 0.311 e. The molecule has 0 aromatic carbocycles. The van der Waals surface area contributed by atoms with Gasteiger partial charge in [0.1, 0.15) is 18.1 Å². The Bertz CT molecular complexity index is 1670. The molecule has 3 rings (SSSR count). The molecule has 2 fully saturated rings. The molecule has 18 heteroatoms. The maximum atomic E-state index is 12.6. The average molecular weight is 924 g/mol. The molecule has 0 radical (unpaired) electrons. The molecule has 0 aliphatic carbocycles. The molecule has 0 saturated carbocycles. The van der Waals surface area contributed by atoms with Crippen LogP contribution in [0.25, 0.3) is 0 Å². The first-order valence-corrected chi connectivity index (χ1v) is 22.3. The van der Waals surface area contributed by atoms with Crippen molar-refractivity contribution in [1.29, 1.82) is 0 Å². The Kier molecular flexibility index (Phi) is 23.6. The highest BCUT2D eigenvalue weighted by Crippen LogP contribution is 2.38. The van der Waals surface area contributed by atoms with Gasteiger partial charge in [0.05, 0.1) is 79.6 Å². The molecule has 3 heterocycles. The van der Waals surface area contributed by atoms with Crippen LogP contribution in [0.3, 0.4) is 0 Å². The van der Waals surface area contributed by atoms with Crippen molar-refractivity contribution >= 4 is 11.9 Å². The summed E-state index contributed by atoms with van der Waals surface area (Å²) in [6.45, 7) is 6.74. The van der Waals surface area contributed by atoms with E-state index in [1.54, 1.807) is 86.8 Å². The van der Waals surface area contributed by atoms with Crippen LogP contribution in [0.4, 0.5) is 0 Å². The number of cyclic esters (lactones) is 1. The number of hydrogen-bond donors (Lipinski definition) is 12. The lowest BCUT2D eigenvalue weighted by Gasteiger charge is -2.45. The van der Waals surface area contributed by atoms with Gasteiger partial charge in [-0.1, -0.05) is 98.9 Å². The standard InChI is InChI=1S/C47H73NO17/c1-27-17-15-13-11-9-7-5-6-8-10-12-14-16-18-34(64-46-44(58)41(48)43(57)30(4)63-46)24-38-40(45(59)60)37(54)26-47(61,65-38)25-36(53)35(52)20-19-31(49)21-32(50)22-33(51)23-39(55)62-29(3)28(2)42(27)56/h5-18,27-38,40-44,46,49-54,56-58,61H,19-26,48H2,1-4H3,(H,59,60)/b6-5-,9-7-,10-8-,13-11-,14-12-,17-15-,18-16-/t27-,28-,29-,30?,31+,32+,33+,34-,35+,36+,37-,38?,40+,41?,42+,43?,44?,46?,47+/m0/s1.